The molecule has 0 spiro atoms. The van der Waals surface area contributed by atoms with Gasteiger partial charge in [0.05, 0.1) is 27.2 Å². The van der Waals surface area contributed by atoms with Gasteiger partial charge >= 0.3 is 0 Å². The van der Waals surface area contributed by atoms with Crippen molar-refractivity contribution in [2.75, 3.05) is 5.32 Å². The fourth-order valence-corrected chi connectivity index (χ4v) is 3.14. The van der Waals surface area contributed by atoms with Gasteiger partial charge in [0.15, 0.2) is 5.78 Å². The molecule has 0 aliphatic rings. The maximum Gasteiger partial charge on any atom is 0.279 e. The van der Waals surface area contributed by atoms with Crippen LogP contribution in [0.15, 0.2) is 60.7 Å². The third-order valence-corrected chi connectivity index (χ3v) is 4.76. The van der Waals surface area contributed by atoms with Crippen molar-refractivity contribution in [1.82, 2.24) is 0 Å². The van der Waals surface area contributed by atoms with E-state index in [2.05, 4.69) is 5.32 Å². The summed E-state index contributed by atoms with van der Waals surface area (Å²) in [6.45, 7) is 1.31. The first-order valence-corrected chi connectivity index (χ1v) is 9.21. The van der Waals surface area contributed by atoms with Gasteiger partial charge < -0.3 is 5.32 Å². The van der Waals surface area contributed by atoms with Crippen molar-refractivity contribution < 1.29 is 19.4 Å². The largest absolute Gasteiger partial charge is 0.321 e. The van der Waals surface area contributed by atoms with E-state index in [0.717, 1.165) is 12.1 Å². The molecule has 10 heteroatoms. The predicted octanol–water partition coefficient (Wildman–Crippen LogP) is 4.95. The van der Waals surface area contributed by atoms with E-state index in [0.29, 0.717) is 5.56 Å². The van der Waals surface area contributed by atoms with Crippen LogP contribution in [0.2, 0.25) is 5.02 Å². The molecule has 0 atom stereocenters. The van der Waals surface area contributed by atoms with Crippen molar-refractivity contribution in [1.29, 1.82) is 0 Å². The van der Waals surface area contributed by atoms with Crippen LogP contribution in [0.3, 0.4) is 0 Å². The summed E-state index contributed by atoms with van der Waals surface area (Å²) in [6, 6.07) is 14.3. The molecule has 9 nitrogen and oxygen atoms in total. The Morgan fingerprint density at radius 1 is 0.903 bits per heavy atom. The highest BCUT2D eigenvalue weighted by Gasteiger charge is 2.25. The summed E-state index contributed by atoms with van der Waals surface area (Å²) in [6.07, 6.45) is 0. The Labute approximate surface area is 180 Å². The van der Waals surface area contributed by atoms with Crippen molar-refractivity contribution in [2.45, 2.75) is 6.92 Å². The summed E-state index contributed by atoms with van der Waals surface area (Å²) in [5.74, 6) is -1.24. The molecule has 0 aliphatic heterocycles. The van der Waals surface area contributed by atoms with Gasteiger partial charge in [0.25, 0.3) is 17.3 Å². The zero-order chi connectivity index (χ0) is 22.7. The molecule has 1 amide bonds. The second-order valence-electron chi connectivity index (χ2n) is 6.49. The number of benzene rings is 3. The van der Waals surface area contributed by atoms with Crippen LogP contribution in [0, 0.1) is 27.2 Å². The standard InChI is InChI=1S/C21H14ClN3O6/c1-12-16(10-15(24(28)29)11-19(12)25(30)31)21(27)23-18-8-7-14(22)9-17(18)20(26)13-5-3-2-4-6-13/h2-11H,1H3,(H,23,27). The molecular formula is C21H14ClN3O6. The smallest absolute Gasteiger partial charge is 0.279 e. The first-order chi connectivity index (χ1) is 14.7. The number of carbonyl (C=O) groups is 2. The number of rotatable bonds is 6. The molecule has 0 saturated carbocycles. The Hall–Kier alpha value is -4.11. The van der Waals surface area contributed by atoms with E-state index in [-0.39, 0.29) is 27.4 Å². The second-order valence-corrected chi connectivity index (χ2v) is 6.93. The molecule has 0 saturated heterocycles. The molecule has 31 heavy (non-hydrogen) atoms. The van der Waals surface area contributed by atoms with Gasteiger partial charge in [-0.2, -0.15) is 0 Å². The van der Waals surface area contributed by atoms with E-state index in [1.165, 1.54) is 25.1 Å². The summed E-state index contributed by atoms with van der Waals surface area (Å²) in [5.41, 5.74) is -0.883. The van der Waals surface area contributed by atoms with Gasteiger partial charge in [-0.3, -0.25) is 29.8 Å². The van der Waals surface area contributed by atoms with Gasteiger partial charge in [0, 0.05) is 27.8 Å². The zero-order valence-electron chi connectivity index (χ0n) is 16.0. The second kappa shape index (κ2) is 8.72. The summed E-state index contributed by atoms with van der Waals surface area (Å²) in [5, 5.41) is 25.2. The summed E-state index contributed by atoms with van der Waals surface area (Å²) in [4.78, 5) is 46.6. The van der Waals surface area contributed by atoms with Crippen LogP contribution in [0.25, 0.3) is 0 Å². The Bertz CT molecular complexity index is 1230. The van der Waals surface area contributed by atoms with Crippen molar-refractivity contribution in [3.63, 3.8) is 0 Å². The molecule has 3 aromatic carbocycles. The number of nitrogens with one attached hydrogen (secondary N) is 1. The first-order valence-electron chi connectivity index (χ1n) is 8.83. The van der Waals surface area contributed by atoms with E-state index >= 15 is 0 Å². The van der Waals surface area contributed by atoms with E-state index in [1.807, 2.05) is 0 Å². The molecule has 0 aliphatic carbocycles. The van der Waals surface area contributed by atoms with Gasteiger partial charge in [-0.25, -0.2) is 0 Å². The third kappa shape index (κ3) is 4.57. The minimum Gasteiger partial charge on any atom is -0.321 e. The fourth-order valence-electron chi connectivity index (χ4n) is 2.96. The minimum atomic E-state index is -0.839. The topological polar surface area (TPSA) is 132 Å². The maximum absolute atomic E-state index is 12.9. The highest BCUT2D eigenvalue weighted by molar-refractivity contribution is 6.31. The van der Waals surface area contributed by atoms with Gasteiger partial charge in [0.2, 0.25) is 0 Å². The van der Waals surface area contributed by atoms with Crippen LogP contribution in [0.4, 0.5) is 17.1 Å². The molecular weight excluding hydrogens is 426 g/mol. The molecule has 1 N–H and O–H groups in total. The number of nitro benzene ring substituents is 2. The quantitative estimate of drug-likeness (QED) is 0.328. The van der Waals surface area contributed by atoms with Crippen LogP contribution < -0.4 is 5.32 Å². The lowest BCUT2D eigenvalue weighted by molar-refractivity contribution is -0.394. The Morgan fingerprint density at radius 2 is 1.58 bits per heavy atom. The molecule has 0 unspecified atom stereocenters. The van der Waals surface area contributed by atoms with Crippen LogP contribution in [-0.4, -0.2) is 21.5 Å². The van der Waals surface area contributed by atoms with Crippen molar-refractivity contribution in [3.05, 3.63) is 108 Å². The normalized spacial score (nSPS) is 10.4. The Balaban J connectivity index is 2.04. The molecule has 0 fully saturated rings. The van der Waals surface area contributed by atoms with Crippen LogP contribution in [-0.2, 0) is 0 Å². The Morgan fingerprint density at radius 3 is 2.19 bits per heavy atom. The number of hydrogen-bond donors (Lipinski definition) is 1. The first kappa shape index (κ1) is 21.6. The zero-order valence-corrected chi connectivity index (χ0v) is 16.8. The predicted molar refractivity (Wildman–Crippen MR) is 114 cm³/mol. The SMILES string of the molecule is Cc1c(C(=O)Nc2ccc(Cl)cc2C(=O)c2ccccc2)cc([N+](=O)[O-])cc1[N+](=O)[O-]. The monoisotopic (exact) mass is 439 g/mol. The van der Waals surface area contributed by atoms with Crippen molar-refractivity contribution >= 4 is 40.4 Å². The van der Waals surface area contributed by atoms with E-state index in [4.69, 9.17) is 11.6 Å². The van der Waals surface area contributed by atoms with Crippen LogP contribution in [0.5, 0.6) is 0 Å². The highest BCUT2D eigenvalue weighted by Crippen LogP contribution is 2.30. The van der Waals surface area contributed by atoms with Gasteiger partial charge in [-0.05, 0) is 25.1 Å². The highest BCUT2D eigenvalue weighted by atomic mass is 35.5. The van der Waals surface area contributed by atoms with Crippen molar-refractivity contribution in [2.24, 2.45) is 0 Å². The van der Waals surface area contributed by atoms with Crippen molar-refractivity contribution in [3.8, 4) is 0 Å². The van der Waals surface area contributed by atoms with E-state index < -0.39 is 32.9 Å². The summed E-state index contributed by atoms with van der Waals surface area (Å²) < 4.78 is 0. The number of hydrogen-bond acceptors (Lipinski definition) is 6. The molecule has 0 radical (unpaired) electrons. The number of nitrogens with zero attached hydrogens (tertiary/aromatic N) is 2. The average Bonchev–Trinajstić information content (AvgIpc) is 2.74. The van der Waals surface area contributed by atoms with E-state index in [1.54, 1.807) is 30.3 Å². The lowest BCUT2D eigenvalue weighted by atomic mass is 10.0. The molecule has 0 bridgehead atoms. The molecule has 0 aromatic heterocycles. The van der Waals surface area contributed by atoms with Crippen LogP contribution >= 0.6 is 11.6 Å². The molecule has 3 rings (SSSR count). The van der Waals surface area contributed by atoms with Gasteiger partial charge in [-0.1, -0.05) is 41.9 Å². The van der Waals surface area contributed by atoms with Gasteiger partial charge in [-0.15, -0.1) is 0 Å². The summed E-state index contributed by atoms with van der Waals surface area (Å²) in [7, 11) is 0. The number of nitro groups is 2. The fraction of sp³-hybridized carbons (Fsp3) is 0.0476. The summed E-state index contributed by atoms with van der Waals surface area (Å²) >= 11 is 6.02. The minimum absolute atomic E-state index is 0.0435. The number of ketones is 1. The molecule has 3 aromatic rings. The molecule has 156 valence electrons. The average molecular weight is 440 g/mol. The van der Waals surface area contributed by atoms with Crippen LogP contribution in [0.1, 0.15) is 31.8 Å². The van der Waals surface area contributed by atoms with Gasteiger partial charge in [0.1, 0.15) is 0 Å². The number of amides is 1. The van der Waals surface area contributed by atoms with E-state index in [9.17, 15) is 29.8 Å². The molecule has 0 heterocycles. The maximum atomic E-state index is 12.9. The lowest BCUT2D eigenvalue weighted by Gasteiger charge is -2.12. The Kier molecular flexibility index (Phi) is 6.07. The number of carbonyl (C=O) groups excluding carboxylic acids is 2. The number of anilines is 1. The third-order valence-electron chi connectivity index (χ3n) is 4.53. The lowest BCUT2D eigenvalue weighted by Crippen LogP contribution is -2.17. The number of non-ortho nitro benzene ring substituents is 1. The number of halogens is 1.